The minimum Gasteiger partial charge on any atom is -0.368 e. The zero-order valence-corrected chi connectivity index (χ0v) is 10.0. The fourth-order valence-electron chi connectivity index (χ4n) is 0.791. The highest BCUT2D eigenvalue weighted by molar-refractivity contribution is 7.85. The van der Waals surface area contributed by atoms with E-state index in [1.54, 1.807) is 6.92 Å². The van der Waals surface area contributed by atoms with Crippen LogP contribution in [0.15, 0.2) is 30.3 Å². The van der Waals surface area contributed by atoms with Crippen molar-refractivity contribution in [1.29, 1.82) is 0 Å². The smallest absolute Gasteiger partial charge is 0.261 e. The van der Waals surface area contributed by atoms with E-state index in [4.69, 9.17) is 14.4 Å². The van der Waals surface area contributed by atoms with Gasteiger partial charge in [-0.15, -0.1) is 0 Å². The lowest BCUT2D eigenvalue weighted by Crippen LogP contribution is -2.05. The predicted molar refractivity (Wildman–Crippen MR) is 60.4 cm³/mol. The van der Waals surface area contributed by atoms with Crippen LogP contribution in [0.1, 0.15) is 12.5 Å². The summed E-state index contributed by atoms with van der Waals surface area (Å²) < 4.78 is 30.9. The molecule has 0 fully saturated rings. The third kappa shape index (κ3) is 13.1. The maximum Gasteiger partial charge on any atom is 0.261 e. The van der Waals surface area contributed by atoms with Crippen molar-refractivity contribution < 1.29 is 22.8 Å². The third-order valence-electron chi connectivity index (χ3n) is 1.33. The van der Waals surface area contributed by atoms with Crippen LogP contribution >= 0.6 is 0 Å². The van der Waals surface area contributed by atoms with Gasteiger partial charge in [0.05, 0.1) is 12.9 Å². The molecule has 0 amide bonds. The largest absolute Gasteiger partial charge is 0.368 e. The van der Waals surface area contributed by atoms with E-state index in [1.165, 1.54) is 0 Å². The van der Waals surface area contributed by atoms with Crippen molar-refractivity contribution >= 4 is 10.1 Å². The molecule has 0 aliphatic rings. The van der Waals surface area contributed by atoms with Crippen LogP contribution in [-0.2, 0) is 21.5 Å². The Kier molecular flexibility index (Phi) is 6.91. The molecule has 0 saturated heterocycles. The van der Waals surface area contributed by atoms with Crippen molar-refractivity contribution in [3.8, 4) is 0 Å². The molecule has 0 radical (unpaired) electrons. The van der Waals surface area contributed by atoms with E-state index in [-0.39, 0.29) is 0 Å². The summed E-state index contributed by atoms with van der Waals surface area (Å²) in [5.74, 6) is 0. The highest BCUT2D eigenvalue weighted by atomic mass is 32.2. The first kappa shape index (κ1) is 15.0. The zero-order valence-electron chi connectivity index (χ0n) is 9.20. The molecular formula is C10H16O5S. The van der Waals surface area contributed by atoms with Gasteiger partial charge in [-0.05, 0) is 12.5 Å². The summed E-state index contributed by atoms with van der Waals surface area (Å²) in [6, 6.07) is 9.76. The molecular weight excluding hydrogens is 232 g/mol. The van der Waals surface area contributed by atoms with Crippen LogP contribution in [-0.4, -0.2) is 30.6 Å². The lowest BCUT2D eigenvalue weighted by Gasteiger charge is -2.05. The van der Waals surface area contributed by atoms with Crippen LogP contribution in [0, 0.1) is 0 Å². The van der Waals surface area contributed by atoms with Crippen LogP contribution in [0.4, 0.5) is 0 Å². The minimum atomic E-state index is -3.67. The number of aliphatic hydroxyl groups is 1. The Hall–Kier alpha value is -0.950. The van der Waals surface area contributed by atoms with Crippen LogP contribution in [0.5, 0.6) is 0 Å². The first-order valence-corrected chi connectivity index (χ1v) is 6.40. The molecule has 1 rings (SSSR count). The average Bonchev–Trinajstić information content (AvgIpc) is 2.14. The van der Waals surface area contributed by atoms with Gasteiger partial charge in [-0.25, -0.2) is 0 Å². The topological polar surface area (TPSA) is 83.8 Å². The molecule has 6 heteroatoms. The minimum absolute atomic E-state index is 0.471. The van der Waals surface area contributed by atoms with Gasteiger partial charge in [0.2, 0.25) is 0 Å². The summed E-state index contributed by atoms with van der Waals surface area (Å²) in [5, 5.41) is 8.79. The third-order valence-corrected chi connectivity index (χ3v) is 1.33. The van der Waals surface area contributed by atoms with Crippen LogP contribution in [0.25, 0.3) is 0 Å². The quantitative estimate of drug-likeness (QED) is 0.617. The van der Waals surface area contributed by atoms with Crippen molar-refractivity contribution in [3.05, 3.63) is 35.9 Å². The van der Waals surface area contributed by atoms with Crippen molar-refractivity contribution in [2.24, 2.45) is 0 Å². The Balaban J connectivity index is 0.000000385. The van der Waals surface area contributed by atoms with Crippen molar-refractivity contribution in [3.63, 3.8) is 0 Å². The van der Waals surface area contributed by atoms with Gasteiger partial charge in [0, 0.05) is 0 Å². The molecule has 0 aromatic heterocycles. The van der Waals surface area contributed by atoms with E-state index in [2.05, 4.69) is 0 Å². The fraction of sp³-hybridized carbons (Fsp3) is 0.400. The van der Waals surface area contributed by atoms with E-state index >= 15 is 0 Å². The van der Waals surface area contributed by atoms with Crippen LogP contribution < -0.4 is 0 Å². The standard InChI is InChI=1S/C9H12O2.CH4O3S/c1-8(10)11-7-9-5-3-2-4-6-9;1-5(2,3)4/h2-6,8,10H,7H2,1H3;1H3,(H,2,3,4). The van der Waals surface area contributed by atoms with Gasteiger partial charge >= 0.3 is 0 Å². The van der Waals surface area contributed by atoms with E-state index in [9.17, 15) is 8.42 Å². The molecule has 0 aliphatic heterocycles. The van der Waals surface area contributed by atoms with Gasteiger partial charge in [-0.3, -0.25) is 4.55 Å². The number of benzene rings is 1. The first-order valence-electron chi connectivity index (χ1n) is 4.55. The lowest BCUT2D eigenvalue weighted by molar-refractivity contribution is -0.0939. The number of hydrogen-bond donors (Lipinski definition) is 2. The van der Waals surface area contributed by atoms with Crippen LogP contribution in [0.2, 0.25) is 0 Å². The molecule has 1 aromatic carbocycles. The molecule has 16 heavy (non-hydrogen) atoms. The van der Waals surface area contributed by atoms with Gasteiger partial charge in [0.15, 0.2) is 6.29 Å². The number of hydrogen-bond acceptors (Lipinski definition) is 4. The van der Waals surface area contributed by atoms with Crippen molar-refractivity contribution in [2.45, 2.75) is 19.8 Å². The number of aliphatic hydroxyl groups excluding tert-OH is 1. The normalized spacial score (nSPS) is 12.5. The lowest BCUT2D eigenvalue weighted by atomic mass is 10.2. The molecule has 0 spiro atoms. The fourth-order valence-corrected chi connectivity index (χ4v) is 0.791. The molecule has 0 saturated carbocycles. The Morgan fingerprint density at radius 2 is 1.75 bits per heavy atom. The molecule has 0 aliphatic carbocycles. The molecule has 1 unspecified atom stereocenters. The number of ether oxygens (including phenoxy) is 1. The molecule has 1 aromatic rings. The van der Waals surface area contributed by atoms with E-state index in [1.807, 2.05) is 30.3 Å². The summed E-state index contributed by atoms with van der Waals surface area (Å²) in [6.07, 6.45) is 0.0303. The molecule has 2 N–H and O–H groups in total. The molecule has 5 nitrogen and oxygen atoms in total. The first-order chi connectivity index (χ1) is 7.29. The summed E-state index contributed by atoms with van der Waals surface area (Å²) in [5.41, 5.74) is 1.08. The molecule has 1 atom stereocenters. The summed E-state index contributed by atoms with van der Waals surface area (Å²) in [7, 11) is -3.67. The maximum atomic E-state index is 9.19. The highest BCUT2D eigenvalue weighted by Crippen LogP contribution is 2.01. The SMILES string of the molecule is CC(O)OCc1ccccc1.CS(=O)(=O)O. The van der Waals surface area contributed by atoms with E-state index < -0.39 is 16.4 Å². The van der Waals surface area contributed by atoms with E-state index in [0.717, 1.165) is 5.56 Å². The Morgan fingerprint density at radius 3 is 2.12 bits per heavy atom. The van der Waals surface area contributed by atoms with Crippen molar-refractivity contribution in [2.75, 3.05) is 6.26 Å². The summed E-state index contributed by atoms with van der Waals surface area (Å²) in [4.78, 5) is 0. The van der Waals surface area contributed by atoms with Crippen LogP contribution in [0.3, 0.4) is 0 Å². The van der Waals surface area contributed by atoms with Gasteiger partial charge in [-0.1, -0.05) is 30.3 Å². The Morgan fingerprint density at radius 1 is 1.31 bits per heavy atom. The number of rotatable bonds is 3. The molecule has 0 bridgehead atoms. The molecule has 92 valence electrons. The summed E-state index contributed by atoms with van der Waals surface area (Å²) >= 11 is 0. The second-order valence-electron chi connectivity index (χ2n) is 3.13. The summed E-state index contributed by atoms with van der Waals surface area (Å²) in [6.45, 7) is 2.07. The van der Waals surface area contributed by atoms with Gasteiger partial charge in [0.25, 0.3) is 10.1 Å². The Bertz CT molecular complexity index is 363. The monoisotopic (exact) mass is 248 g/mol. The Labute approximate surface area is 95.4 Å². The van der Waals surface area contributed by atoms with E-state index in [0.29, 0.717) is 12.9 Å². The van der Waals surface area contributed by atoms with Gasteiger partial charge in [0.1, 0.15) is 0 Å². The predicted octanol–water partition coefficient (Wildman–Crippen LogP) is 1.05. The molecule has 0 heterocycles. The van der Waals surface area contributed by atoms with Gasteiger partial charge in [-0.2, -0.15) is 8.42 Å². The maximum absolute atomic E-state index is 9.19. The second kappa shape index (κ2) is 7.34. The second-order valence-corrected chi connectivity index (χ2v) is 4.59. The average molecular weight is 248 g/mol. The van der Waals surface area contributed by atoms with Gasteiger partial charge < -0.3 is 9.84 Å². The highest BCUT2D eigenvalue weighted by Gasteiger charge is 1.94. The van der Waals surface area contributed by atoms with Crippen molar-refractivity contribution in [1.82, 2.24) is 0 Å². The zero-order chi connectivity index (χ0) is 12.6.